The van der Waals surface area contributed by atoms with Crippen LogP contribution in [-0.2, 0) is 9.53 Å². The summed E-state index contributed by atoms with van der Waals surface area (Å²) in [6.45, 7) is 5.49. The monoisotopic (exact) mass is 472 g/mol. The van der Waals surface area contributed by atoms with Crippen molar-refractivity contribution in [1.82, 2.24) is 5.32 Å². The third-order valence-corrected chi connectivity index (χ3v) is 6.23. The van der Waals surface area contributed by atoms with Crippen molar-refractivity contribution in [3.63, 3.8) is 0 Å². The van der Waals surface area contributed by atoms with Gasteiger partial charge in [-0.25, -0.2) is 9.59 Å². The lowest BCUT2D eigenvalue weighted by atomic mass is 9.98. The Morgan fingerprint density at radius 2 is 1.54 bits per heavy atom. The topological polar surface area (TPSA) is 105 Å². The molecule has 0 heterocycles. The predicted molar refractivity (Wildman–Crippen MR) is 134 cm³/mol. The van der Waals surface area contributed by atoms with E-state index in [1.165, 1.54) is 6.07 Å². The van der Waals surface area contributed by atoms with Crippen LogP contribution in [0, 0.1) is 12.8 Å². The van der Waals surface area contributed by atoms with Crippen molar-refractivity contribution in [2.24, 2.45) is 5.92 Å². The number of carbonyl (C=O) groups is 3. The summed E-state index contributed by atoms with van der Waals surface area (Å²) >= 11 is 0. The summed E-state index contributed by atoms with van der Waals surface area (Å²) in [5.74, 6) is -2.01. The minimum Gasteiger partial charge on any atom is -0.478 e. The first-order valence-electron chi connectivity index (χ1n) is 11.5. The summed E-state index contributed by atoms with van der Waals surface area (Å²) < 4.78 is 5.57. The van der Waals surface area contributed by atoms with Gasteiger partial charge < -0.3 is 20.5 Å². The van der Waals surface area contributed by atoms with Crippen LogP contribution in [-0.4, -0.2) is 35.7 Å². The minimum atomic E-state index is -1.14. The van der Waals surface area contributed by atoms with E-state index < -0.39 is 24.0 Å². The standard InChI is InChI=1S/C28H28N2O5/c1-16(2)25(26(31)29-24-13-12-17(3)14-22(24)27(32)33)30-28(34)35-15-23-20-10-6-4-8-18(20)19-9-5-7-11-21(19)23/h4-14,16,23,25H,15H2,1-3H3,(H,29,31)(H,30,34)(H,32,33)/t25-/m1/s1. The van der Waals surface area contributed by atoms with Gasteiger partial charge in [-0.15, -0.1) is 0 Å². The summed E-state index contributed by atoms with van der Waals surface area (Å²) in [6, 6.07) is 19.9. The Balaban J connectivity index is 1.44. The number of carbonyl (C=O) groups excluding carboxylic acids is 2. The van der Waals surface area contributed by atoms with Crippen LogP contribution >= 0.6 is 0 Å². The van der Waals surface area contributed by atoms with Crippen LogP contribution < -0.4 is 10.6 Å². The summed E-state index contributed by atoms with van der Waals surface area (Å²) in [5, 5.41) is 14.8. The van der Waals surface area contributed by atoms with Crippen LogP contribution in [0.2, 0.25) is 0 Å². The van der Waals surface area contributed by atoms with Crippen molar-refractivity contribution in [2.75, 3.05) is 11.9 Å². The SMILES string of the molecule is Cc1ccc(NC(=O)[C@H](NC(=O)OCC2c3ccccc3-c3ccccc32)C(C)C)c(C(=O)O)c1. The third-order valence-electron chi connectivity index (χ3n) is 6.23. The molecule has 2 amide bonds. The first-order chi connectivity index (χ1) is 16.8. The Kier molecular flexibility index (Phi) is 6.87. The zero-order chi connectivity index (χ0) is 25.1. The number of aryl methyl sites for hydroxylation is 1. The van der Waals surface area contributed by atoms with E-state index in [0.29, 0.717) is 0 Å². The van der Waals surface area contributed by atoms with Crippen LogP contribution in [0.4, 0.5) is 10.5 Å². The lowest BCUT2D eigenvalue weighted by Gasteiger charge is -2.22. The number of benzene rings is 3. The molecule has 0 radical (unpaired) electrons. The maximum atomic E-state index is 13.0. The second-order valence-electron chi connectivity index (χ2n) is 9.04. The van der Waals surface area contributed by atoms with Gasteiger partial charge in [-0.3, -0.25) is 4.79 Å². The summed E-state index contributed by atoms with van der Waals surface area (Å²) in [6.07, 6.45) is -0.705. The van der Waals surface area contributed by atoms with Crippen LogP contribution in [0.1, 0.15) is 46.8 Å². The molecule has 0 saturated heterocycles. The minimum absolute atomic E-state index is 0.0120. The van der Waals surface area contributed by atoms with E-state index in [-0.39, 0.29) is 29.7 Å². The van der Waals surface area contributed by atoms with Gasteiger partial charge in [0.2, 0.25) is 5.91 Å². The quantitative estimate of drug-likeness (QED) is 0.439. The number of carboxylic acid groups (broad SMARTS) is 1. The average molecular weight is 473 g/mol. The van der Waals surface area contributed by atoms with Crippen molar-refractivity contribution >= 4 is 23.7 Å². The zero-order valence-electron chi connectivity index (χ0n) is 19.9. The maximum Gasteiger partial charge on any atom is 0.407 e. The Morgan fingerprint density at radius 3 is 2.11 bits per heavy atom. The maximum absolute atomic E-state index is 13.0. The van der Waals surface area contributed by atoms with Gasteiger partial charge in [-0.1, -0.05) is 74.0 Å². The summed E-state index contributed by atoms with van der Waals surface area (Å²) in [5.41, 5.74) is 5.38. The van der Waals surface area contributed by atoms with E-state index in [4.69, 9.17) is 4.74 Å². The lowest BCUT2D eigenvalue weighted by Crippen LogP contribution is -2.47. The van der Waals surface area contributed by atoms with Crippen molar-refractivity contribution in [3.8, 4) is 11.1 Å². The molecule has 0 saturated carbocycles. The van der Waals surface area contributed by atoms with Gasteiger partial charge >= 0.3 is 12.1 Å². The molecule has 0 aliphatic heterocycles. The van der Waals surface area contributed by atoms with Crippen molar-refractivity contribution < 1.29 is 24.2 Å². The van der Waals surface area contributed by atoms with E-state index in [2.05, 4.69) is 22.8 Å². The Morgan fingerprint density at radius 1 is 0.943 bits per heavy atom. The first-order valence-corrected chi connectivity index (χ1v) is 11.5. The number of alkyl carbamates (subject to hydrolysis) is 1. The molecule has 35 heavy (non-hydrogen) atoms. The summed E-state index contributed by atoms with van der Waals surface area (Å²) in [7, 11) is 0. The molecule has 0 bridgehead atoms. The number of anilines is 1. The van der Waals surface area contributed by atoms with E-state index in [1.54, 1.807) is 32.9 Å². The molecule has 0 unspecified atom stereocenters. The van der Waals surface area contributed by atoms with Gasteiger partial charge in [0.25, 0.3) is 0 Å². The van der Waals surface area contributed by atoms with Gasteiger partial charge in [0.15, 0.2) is 0 Å². The van der Waals surface area contributed by atoms with Crippen molar-refractivity contribution in [2.45, 2.75) is 32.7 Å². The van der Waals surface area contributed by atoms with Crippen LogP contribution in [0.5, 0.6) is 0 Å². The lowest BCUT2D eigenvalue weighted by molar-refractivity contribution is -0.119. The number of aromatic carboxylic acids is 1. The molecular weight excluding hydrogens is 444 g/mol. The van der Waals surface area contributed by atoms with E-state index >= 15 is 0 Å². The molecule has 0 fully saturated rings. The molecule has 180 valence electrons. The molecule has 1 aliphatic rings. The van der Waals surface area contributed by atoms with Crippen LogP contribution in [0.3, 0.4) is 0 Å². The molecular formula is C28H28N2O5. The fourth-order valence-electron chi connectivity index (χ4n) is 4.46. The van der Waals surface area contributed by atoms with E-state index in [1.807, 2.05) is 36.4 Å². The Hall–Kier alpha value is -4.13. The van der Waals surface area contributed by atoms with E-state index in [0.717, 1.165) is 27.8 Å². The number of carboxylic acids is 1. The summed E-state index contributed by atoms with van der Waals surface area (Å²) in [4.78, 5) is 37.3. The highest BCUT2D eigenvalue weighted by Crippen LogP contribution is 2.44. The zero-order valence-corrected chi connectivity index (χ0v) is 19.9. The second kappa shape index (κ2) is 10.0. The van der Waals surface area contributed by atoms with Gasteiger partial charge in [0.05, 0.1) is 11.3 Å². The smallest absolute Gasteiger partial charge is 0.407 e. The molecule has 3 N–H and O–H groups in total. The fraction of sp³-hybridized carbons (Fsp3) is 0.250. The Labute approximate surface area is 204 Å². The largest absolute Gasteiger partial charge is 0.478 e. The molecule has 1 aliphatic carbocycles. The molecule has 7 nitrogen and oxygen atoms in total. The van der Waals surface area contributed by atoms with Crippen molar-refractivity contribution in [1.29, 1.82) is 0 Å². The number of rotatable bonds is 7. The van der Waals surface area contributed by atoms with Gasteiger partial charge in [-0.2, -0.15) is 0 Å². The normalized spacial score (nSPS) is 13.0. The molecule has 3 aromatic carbocycles. The van der Waals surface area contributed by atoms with Crippen LogP contribution in [0.15, 0.2) is 66.7 Å². The van der Waals surface area contributed by atoms with Crippen LogP contribution in [0.25, 0.3) is 11.1 Å². The number of fused-ring (bicyclic) bond motifs is 3. The molecule has 1 atom stereocenters. The number of amides is 2. The molecule has 7 heteroatoms. The van der Waals surface area contributed by atoms with E-state index in [9.17, 15) is 19.5 Å². The second-order valence-corrected chi connectivity index (χ2v) is 9.04. The molecule has 3 aromatic rings. The number of hydrogen-bond acceptors (Lipinski definition) is 4. The average Bonchev–Trinajstić information content (AvgIpc) is 3.15. The Bertz CT molecular complexity index is 1240. The van der Waals surface area contributed by atoms with Gasteiger partial charge in [-0.05, 0) is 47.2 Å². The molecule has 4 rings (SSSR count). The highest BCUT2D eigenvalue weighted by atomic mass is 16.5. The number of hydrogen-bond donors (Lipinski definition) is 3. The number of ether oxygens (including phenoxy) is 1. The van der Waals surface area contributed by atoms with Crippen molar-refractivity contribution in [3.05, 3.63) is 89.0 Å². The first kappa shape index (κ1) is 24.0. The predicted octanol–water partition coefficient (Wildman–Crippen LogP) is 5.20. The fourth-order valence-corrected chi connectivity index (χ4v) is 4.46. The molecule has 0 spiro atoms. The highest BCUT2D eigenvalue weighted by Gasteiger charge is 2.30. The highest BCUT2D eigenvalue weighted by molar-refractivity contribution is 6.03. The number of nitrogens with one attached hydrogen (secondary N) is 2. The molecule has 0 aromatic heterocycles. The third kappa shape index (κ3) is 5.04. The van der Waals surface area contributed by atoms with Gasteiger partial charge in [0.1, 0.15) is 12.6 Å². The van der Waals surface area contributed by atoms with Gasteiger partial charge in [0, 0.05) is 5.92 Å².